The van der Waals surface area contributed by atoms with Gasteiger partial charge in [0.05, 0.1) is 10.6 Å². The van der Waals surface area contributed by atoms with E-state index in [1.165, 1.54) is 12.1 Å². The van der Waals surface area contributed by atoms with E-state index in [1.807, 2.05) is 0 Å². The number of nitrogens with zero attached hydrogens (tertiary/aromatic N) is 1. The molecule has 0 aliphatic heterocycles. The van der Waals surface area contributed by atoms with Crippen LogP contribution >= 0.6 is 11.6 Å². The molecule has 3 aliphatic rings. The lowest BCUT2D eigenvalue weighted by atomic mass is 9.37. The number of rotatable bonds is 8. The van der Waals surface area contributed by atoms with Crippen molar-refractivity contribution in [1.29, 1.82) is 0 Å². The number of pyridine rings is 1. The number of aromatic nitrogens is 1. The Kier molecular flexibility index (Phi) is 5.63. The van der Waals surface area contributed by atoms with Crippen molar-refractivity contribution in [2.75, 3.05) is 6.61 Å². The minimum Gasteiger partial charge on any atom is -0.480 e. The van der Waals surface area contributed by atoms with Gasteiger partial charge in [-0.2, -0.15) is 13.2 Å². The average molecular weight is 488 g/mol. The van der Waals surface area contributed by atoms with E-state index in [1.54, 1.807) is 0 Å². The van der Waals surface area contributed by atoms with Crippen molar-refractivity contribution in [3.8, 4) is 11.6 Å². The number of amides is 2. The summed E-state index contributed by atoms with van der Waals surface area (Å²) in [6.45, 7) is -0.438. The van der Waals surface area contributed by atoms with Crippen LogP contribution in [0.15, 0.2) is 36.5 Å². The SMILES string of the molecule is NC(=O)C(Oc1ccc(Cl)c(F)c1)C12CC(NC(=O)COc3ccc(C(F)(F)F)cn3)(C1)C2. The van der Waals surface area contributed by atoms with Crippen molar-refractivity contribution >= 4 is 23.4 Å². The van der Waals surface area contributed by atoms with E-state index in [0.717, 1.165) is 18.2 Å². The maximum Gasteiger partial charge on any atom is 0.417 e. The van der Waals surface area contributed by atoms with E-state index in [2.05, 4.69) is 10.3 Å². The van der Waals surface area contributed by atoms with Gasteiger partial charge in [0.2, 0.25) is 5.88 Å². The second-order valence-electron chi connectivity index (χ2n) is 8.37. The first kappa shape index (κ1) is 23.1. The van der Waals surface area contributed by atoms with E-state index < -0.39 is 53.0 Å². The molecule has 1 atom stereocenters. The number of carbonyl (C=O) groups excluding carboxylic acids is 2. The lowest BCUT2D eigenvalue weighted by molar-refractivity contribution is -0.208. The maximum absolute atomic E-state index is 13.7. The van der Waals surface area contributed by atoms with E-state index in [0.29, 0.717) is 25.5 Å². The normalized spacial score (nSPS) is 24.2. The number of nitrogens with two attached hydrogens (primary N) is 1. The first-order chi connectivity index (χ1) is 15.4. The number of hydrogen-bond donors (Lipinski definition) is 2. The van der Waals surface area contributed by atoms with Crippen molar-refractivity contribution in [2.24, 2.45) is 11.1 Å². The van der Waals surface area contributed by atoms with Crippen LogP contribution in [0.1, 0.15) is 24.8 Å². The van der Waals surface area contributed by atoms with Crippen LogP contribution in [0, 0.1) is 11.2 Å². The molecular weight excluding hydrogens is 470 g/mol. The van der Waals surface area contributed by atoms with Crippen LogP contribution < -0.4 is 20.5 Å². The predicted octanol–water partition coefficient (Wildman–Crippen LogP) is 3.24. The largest absolute Gasteiger partial charge is 0.480 e. The first-order valence-corrected chi connectivity index (χ1v) is 10.2. The molecule has 1 aromatic carbocycles. The quantitative estimate of drug-likeness (QED) is 0.556. The first-order valence-electron chi connectivity index (χ1n) is 9.80. The van der Waals surface area contributed by atoms with E-state index in [4.69, 9.17) is 26.8 Å². The number of alkyl halides is 3. The Hall–Kier alpha value is -3.08. The number of hydrogen-bond acceptors (Lipinski definition) is 5. The summed E-state index contributed by atoms with van der Waals surface area (Å²) >= 11 is 5.65. The number of carbonyl (C=O) groups is 2. The lowest BCUT2D eigenvalue weighted by Gasteiger charge is -2.71. The summed E-state index contributed by atoms with van der Waals surface area (Å²) in [6, 6.07) is 5.63. The van der Waals surface area contributed by atoms with Gasteiger partial charge in [-0.3, -0.25) is 9.59 Å². The highest BCUT2D eigenvalue weighted by Gasteiger charge is 2.73. The third kappa shape index (κ3) is 4.54. The molecule has 33 heavy (non-hydrogen) atoms. The average Bonchev–Trinajstić information content (AvgIpc) is 2.68. The number of halogens is 5. The molecule has 0 saturated heterocycles. The fraction of sp³-hybridized carbons (Fsp3) is 0.381. The molecule has 1 heterocycles. The van der Waals surface area contributed by atoms with Crippen LogP contribution in [0.4, 0.5) is 17.6 Å². The molecule has 3 N–H and O–H groups in total. The number of primary amides is 1. The molecule has 3 saturated carbocycles. The summed E-state index contributed by atoms with van der Waals surface area (Å²) in [6.07, 6.45) is -3.63. The zero-order chi connectivity index (χ0) is 24.0. The van der Waals surface area contributed by atoms with Gasteiger partial charge < -0.3 is 20.5 Å². The fourth-order valence-corrected chi connectivity index (χ4v) is 4.67. The summed E-state index contributed by atoms with van der Waals surface area (Å²) in [5.41, 5.74) is 3.45. The Balaban J connectivity index is 1.29. The molecule has 1 aromatic heterocycles. The van der Waals surface area contributed by atoms with Crippen molar-refractivity contribution < 1.29 is 36.6 Å². The zero-order valence-electron chi connectivity index (χ0n) is 16.9. The van der Waals surface area contributed by atoms with Crippen molar-refractivity contribution in [3.63, 3.8) is 0 Å². The molecule has 3 aliphatic carbocycles. The molecule has 7 nitrogen and oxygen atoms in total. The van der Waals surface area contributed by atoms with Gasteiger partial charge in [-0.25, -0.2) is 9.37 Å². The molecule has 176 valence electrons. The third-order valence-electron chi connectivity index (χ3n) is 5.85. The fourth-order valence-electron chi connectivity index (χ4n) is 4.55. The van der Waals surface area contributed by atoms with Crippen LogP contribution in [0.25, 0.3) is 0 Å². The van der Waals surface area contributed by atoms with Gasteiger partial charge in [0.15, 0.2) is 12.7 Å². The van der Waals surface area contributed by atoms with Gasteiger partial charge >= 0.3 is 6.18 Å². The van der Waals surface area contributed by atoms with E-state index in [9.17, 15) is 27.2 Å². The van der Waals surface area contributed by atoms with Crippen molar-refractivity contribution in [3.05, 3.63) is 52.9 Å². The van der Waals surface area contributed by atoms with Crippen LogP contribution in [0.2, 0.25) is 5.02 Å². The maximum atomic E-state index is 13.7. The van der Waals surface area contributed by atoms with Gasteiger partial charge in [0, 0.05) is 29.3 Å². The van der Waals surface area contributed by atoms with Crippen LogP contribution in [-0.2, 0) is 15.8 Å². The van der Waals surface area contributed by atoms with Gasteiger partial charge in [-0.15, -0.1) is 0 Å². The summed E-state index contributed by atoms with van der Waals surface area (Å²) in [5.74, 6) is -1.89. The summed E-state index contributed by atoms with van der Waals surface area (Å²) in [7, 11) is 0. The standard InChI is InChI=1S/C21H18ClF4N3O4/c22-13-3-2-12(5-14(13)23)33-17(18(27)31)19-8-20(9-19,10-19)29-15(30)7-32-16-4-1-11(6-28-16)21(24,25)26/h1-6,17H,7-10H2,(H2,27,31)(H,29,30). The Labute approximate surface area is 190 Å². The van der Waals surface area contributed by atoms with E-state index in [-0.39, 0.29) is 16.7 Å². The molecule has 2 aromatic rings. The zero-order valence-corrected chi connectivity index (χ0v) is 17.7. The molecule has 12 heteroatoms. The second kappa shape index (κ2) is 8.05. The Morgan fingerprint density at radius 2 is 1.91 bits per heavy atom. The molecule has 5 rings (SSSR count). The van der Waals surface area contributed by atoms with Crippen LogP contribution in [-0.4, -0.2) is 35.0 Å². The molecule has 1 unspecified atom stereocenters. The van der Waals surface area contributed by atoms with Gasteiger partial charge in [0.25, 0.3) is 11.8 Å². The van der Waals surface area contributed by atoms with Crippen LogP contribution in [0.5, 0.6) is 11.6 Å². The van der Waals surface area contributed by atoms with Crippen molar-refractivity contribution in [2.45, 2.75) is 37.1 Å². The molecule has 3 fully saturated rings. The summed E-state index contributed by atoms with van der Waals surface area (Å²) < 4.78 is 62.1. The topological polar surface area (TPSA) is 104 Å². The third-order valence-corrected chi connectivity index (χ3v) is 6.16. The van der Waals surface area contributed by atoms with Gasteiger partial charge in [-0.05, 0) is 37.5 Å². The molecule has 0 spiro atoms. The number of ether oxygens (including phenoxy) is 2. The minimum atomic E-state index is -4.52. The highest BCUT2D eigenvalue weighted by molar-refractivity contribution is 6.30. The Morgan fingerprint density at radius 3 is 2.45 bits per heavy atom. The predicted molar refractivity (Wildman–Crippen MR) is 107 cm³/mol. The lowest BCUT2D eigenvalue weighted by Crippen LogP contribution is -2.80. The minimum absolute atomic E-state index is 0.0844. The number of benzene rings is 1. The molecule has 2 bridgehead atoms. The smallest absolute Gasteiger partial charge is 0.417 e. The summed E-state index contributed by atoms with van der Waals surface area (Å²) in [4.78, 5) is 27.7. The Bertz CT molecular complexity index is 1070. The molecule has 0 radical (unpaired) electrons. The van der Waals surface area contributed by atoms with Gasteiger partial charge in [-0.1, -0.05) is 11.6 Å². The van der Waals surface area contributed by atoms with Gasteiger partial charge in [0.1, 0.15) is 11.6 Å². The second-order valence-corrected chi connectivity index (χ2v) is 8.78. The van der Waals surface area contributed by atoms with E-state index >= 15 is 0 Å². The van der Waals surface area contributed by atoms with Crippen LogP contribution in [0.3, 0.4) is 0 Å². The number of nitrogens with one attached hydrogen (secondary N) is 1. The summed E-state index contributed by atoms with van der Waals surface area (Å²) in [5, 5.41) is 2.72. The molecular formula is C21H18ClF4N3O4. The Morgan fingerprint density at radius 1 is 1.21 bits per heavy atom. The highest BCUT2D eigenvalue weighted by atomic mass is 35.5. The highest BCUT2D eigenvalue weighted by Crippen LogP contribution is 2.69. The van der Waals surface area contributed by atoms with Crippen molar-refractivity contribution in [1.82, 2.24) is 10.3 Å². The molecule has 2 amide bonds. The monoisotopic (exact) mass is 487 g/mol.